The van der Waals surface area contributed by atoms with E-state index in [-0.39, 0.29) is 0 Å². The lowest BCUT2D eigenvalue weighted by atomic mass is 11.7. The Hall–Kier alpha value is -0.180. The van der Waals surface area contributed by atoms with E-state index in [1.165, 1.54) is 0 Å². The van der Waals surface area contributed by atoms with Gasteiger partial charge in [-0.2, -0.15) is 0 Å². The molecule has 4 heavy (non-hydrogen) atoms. The summed E-state index contributed by atoms with van der Waals surface area (Å²) >= 11 is -0.568. The molecule has 25 valence electrons. The van der Waals surface area contributed by atoms with Crippen LogP contribution in [0.3, 0.4) is 0 Å². The van der Waals surface area contributed by atoms with Gasteiger partial charge in [-0.3, -0.25) is 4.21 Å². The predicted molar refractivity (Wildman–Crippen MR) is 19.7 cm³/mol. The molecule has 0 bridgehead atoms. The van der Waals surface area contributed by atoms with Crippen molar-refractivity contribution >= 4 is 17.2 Å². The first kappa shape index (κ1) is 3.82. The first-order valence-electron chi connectivity index (χ1n) is 0.781. The van der Waals surface area contributed by atoms with Gasteiger partial charge in [0.05, 0.1) is 5.55 Å². The van der Waals surface area contributed by atoms with Gasteiger partial charge in [-0.05, 0) is 11.7 Å². The van der Waals surface area contributed by atoms with Crippen LogP contribution in [0, 0.1) is 5.41 Å². The maximum Gasteiger partial charge on any atom is 0.0647 e. The largest absolute Gasteiger partial charge is 0.301 e. The van der Waals surface area contributed by atoms with E-state index in [1.54, 1.807) is 0 Å². The number of rotatable bonds is 1. The van der Waals surface area contributed by atoms with E-state index in [2.05, 4.69) is 0 Å². The van der Waals surface area contributed by atoms with Crippen molar-refractivity contribution in [2.45, 2.75) is 0 Å². The first-order valence-corrected chi connectivity index (χ1v) is 1.77. The molecule has 0 rings (SSSR count). The van der Waals surface area contributed by atoms with Gasteiger partial charge in [-0.1, -0.05) is 0 Å². The van der Waals surface area contributed by atoms with Gasteiger partial charge in [-0.15, -0.1) is 0 Å². The Labute approximate surface area is 27.8 Å². The Morgan fingerprint density at radius 2 is 2.25 bits per heavy atom. The number of hydrogen-bond acceptors (Lipinski definition) is 2. The van der Waals surface area contributed by atoms with Gasteiger partial charge >= 0.3 is 0 Å². The topological polar surface area (TPSA) is 40.9 Å². The maximum atomic E-state index is 9.08. The van der Waals surface area contributed by atoms with E-state index in [0.29, 0.717) is 0 Å². The third kappa shape index (κ3) is 1.82. The lowest BCUT2D eigenvalue weighted by Gasteiger charge is -1.42. The first-order chi connectivity index (χ1) is 1.91. The molecular weight excluding hydrogens is 74.1 g/mol. The highest BCUT2D eigenvalue weighted by atomic mass is 32.1. The normalized spacial score (nSPS) is 9.00. The van der Waals surface area contributed by atoms with Gasteiger partial charge < -0.3 is 5.41 Å². The molecule has 3 heteroatoms. The molecule has 0 fully saturated rings. The second-order valence-electron chi connectivity index (χ2n) is 0.262. The molecule has 0 aromatic carbocycles. The van der Waals surface area contributed by atoms with Crippen molar-refractivity contribution in [2.75, 3.05) is 0 Å². The summed E-state index contributed by atoms with van der Waals surface area (Å²) in [5, 5.41) is 6.03. The van der Waals surface area contributed by atoms with E-state index >= 15 is 0 Å². The lowest BCUT2D eigenvalue weighted by molar-refractivity contribution is 0.699. The molecule has 0 atom stereocenters. The highest BCUT2D eigenvalue weighted by molar-refractivity contribution is 7.80. The Kier molecular flexibility index (Phi) is 2.69. The average molecular weight is 78.1 g/mol. The van der Waals surface area contributed by atoms with Crippen LogP contribution >= 0.6 is 0 Å². The molecule has 0 heterocycles. The predicted octanol–water partition coefficient (Wildman–Crippen LogP) is -0.729. The molecular formula is CH4NOS. The average Bonchev–Trinajstić information content (AvgIpc) is 1.37. The van der Waals surface area contributed by atoms with E-state index in [4.69, 9.17) is 9.62 Å². The van der Waals surface area contributed by atoms with Crippen molar-refractivity contribution in [1.82, 2.24) is 0 Å². The molecule has 1 N–H and O–H groups in total. The lowest BCUT2D eigenvalue weighted by Crippen LogP contribution is -1.51. The van der Waals surface area contributed by atoms with Gasteiger partial charge in [0.25, 0.3) is 0 Å². The molecule has 0 amide bonds. The van der Waals surface area contributed by atoms with E-state index in [9.17, 15) is 0 Å². The van der Waals surface area contributed by atoms with Crippen LogP contribution in [0.15, 0.2) is 0 Å². The van der Waals surface area contributed by atoms with Crippen molar-refractivity contribution in [1.29, 1.82) is 5.41 Å². The summed E-state index contributed by atoms with van der Waals surface area (Å²) in [5.74, 6) is 0. The molecule has 0 saturated heterocycles. The standard InChI is InChI=1S/CH4NOS/c2-1-4-3/h1-2H,4H2. The molecule has 0 aliphatic rings. The van der Waals surface area contributed by atoms with Crippen LogP contribution in [-0.4, -0.2) is 9.76 Å². The van der Waals surface area contributed by atoms with Crippen LogP contribution < -0.4 is 0 Å². The number of hydrogen-bond donors (Lipinski definition) is 1. The maximum absolute atomic E-state index is 9.08. The van der Waals surface area contributed by atoms with Crippen molar-refractivity contribution in [3.05, 3.63) is 0 Å². The summed E-state index contributed by atoms with van der Waals surface area (Å²) in [6, 6.07) is 0. The Balaban J connectivity index is 2.73. The minimum atomic E-state index is -0.568. The van der Waals surface area contributed by atoms with Gasteiger partial charge in [0.15, 0.2) is 0 Å². The van der Waals surface area contributed by atoms with Crippen LogP contribution in [0.25, 0.3) is 0 Å². The zero-order chi connectivity index (χ0) is 3.41. The van der Waals surface area contributed by atoms with E-state index in [1.807, 2.05) is 0 Å². The van der Waals surface area contributed by atoms with Crippen molar-refractivity contribution in [2.24, 2.45) is 0 Å². The van der Waals surface area contributed by atoms with Crippen LogP contribution in [0.4, 0.5) is 0 Å². The molecule has 2 nitrogen and oxygen atoms in total. The smallest absolute Gasteiger partial charge is 0.0647 e. The molecule has 0 aliphatic carbocycles. The Bertz CT molecular complexity index is 29.0. The molecule has 0 saturated carbocycles. The van der Waals surface area contributed by atoms with Crippen LogP contribution in [-0.2, 0) is 11.7 Å². The second-order valence-corrected chi connectivity index (χ2v) is 0.787. The molecule has 0 aliphatic heterocycles. The van der Waals surface area contributed by atoms with Gasteiger partial charge in [-0.25, -0.2) is 0 Å². The Morgan fingerprint density at radius 3 is 2.25 bits per heavy atom. The summed E-state index contributed by atoms with van der Waals surface area (Å²) < 4.78 is 9.08. The van der Waals surface area contributed by atoms with Gasteiger partial charge in [0.2, 0.25) is 0 Å². The fraction of sp³-hybridized carbons (Fsp3) is 0. The highest BCUT2D eigenvalue weighted by Gasteiger charge is 1.33. The summed E-state index contributed by atoms with van der Waals surface area (Å²) in [4.78, 5) is 0. The van der Waals surface area contributed by atoms with Gasteiger partial charge in [0.1, 0.15) is 0 Å². The van der Waals surface area contributed by atoms with Crippen LogP contribution in [0.2, 0.25) is 0 Å². The van der Waals surface area contributed by atoms with E-state index in [0.717, 1.165) is 5.55 Å². The van der Waals surface area contributed by atoms with Crippen molar-refractivity contribution < 1.29 is 4.21 Å². The molecule has 1 radical (unpaired) electrons. The number of nitrogens with one attached hydrogen (secondary N) is 1. The third-order valence-corrected chi connectivity index (χ3v) is 0.177. The van der Waals surface area contributed by atoms with Crippen LogP contribution in [0.5, 0.6) is 0 Å². The summed E-state index contributed by atoms with van der Waals surface area (Å²) in [6.45, 7) is 0. The van der Waals surface area contributed by atoms with Gasteiger partial charge in [0, 0.05) is 0 Å². The quantitative estimate of drug-likeness (QED) is 0.326. The fourth-order valence-electron chi connectivity index (χ4n) is 0. The molecule has 0 spiro atoms. The zero-order valence-corrected chi connectivity index (χ0v) is 2.99. The molecule has 0 aromatic rings. The summed E-state index contributed by atoms with van der Waals surface area (Å²) in [7, 11) is 0. The SMILES string of the molecule is N=C[SH2]=O. The Morgan fingerprint density at radius 1 is 2.00 bits per heavy atom. The molecule has 0 unspecified atom stereocenters. The van der Waals surface area contributed by atoms with Crippen molar-refractivity contribution in [3.8, 4) is 0 Å². The summed E-state index contributed by atoms with van der Waals surface area (Å²) in [5.41, 5.74) is 0.847. The second kappa shape index (κ2) is 2.82. The highest BCUT2D eigenvalue weighted by Crippen LogP contribution is 1.24. The third-order valence-electron chi connectivity index (χ3n) is 0.0589. The zero-order valence-electron chi connectivity index (χ0n) is 1.99. The van der Waals surface area contributed by atoms with Crippen molar-refractivity contribution in [3.63, 3.8) is 0 Å². The summed E-state index contributed by atoms with van der Waals surface area (Å²) in [6.07, 6.45) is 0. The molecule has 0 aromatic heterocycles. The minimum absolute atomic E-state index is 0.568. The van der Waals surface area contributed by atoms with Crippen LogP contribution in [0.1, 0.15) is 0 Å². The minimum Gasteiger partial charge on any atom is -0.301 e. The monoisotopic (exact) mass is 78.0 g/mol. The van der Waals surface area contributed by atoms with E-state index < -0.39 is 11.7 Å². The fourth-order valence-corrected chi connectivity index (χ4v) is 0.